The first-order valence-electron chi connectivity index (χ1n) is 8.53. The molecule has 0 amide bonds. The molecule has 0 aliphatic rings. The zero-order valence-electron chi connectivity index (χ0n) is 16.4. The van der Waals surface area contributed by atoms with Crippen molar-refractivity contribution < 1.29 is 36.0 Å². The lowest BCUT2D eigenvalue weighted by Crippen LogP contribution is -2.13. The van der Waals surface area contributed by atoms with Crippen LogP contribution in [-0.2, 0) is 32.9 Å². The van der Waals surface area contributed by atoms with Crippen LogP contribution in [0, 0.1) is 4.78 Å². The molecule has 2 aromatic rings. The Kier molecular flexibility index (Phi) is 10.2. The minimum absolute atomic E-state index is 0.0346. The number of nitrogens with zero attached hydrogens (tertiary/aromatic N) is 1. The van der Waals surface area contributed by atoms with E-state index in [0.717, 1.165) is 6.07 Å². The van der Waals surface area contributed by atoms with Crippen LogP contribution in [0.2, 0.25) is 5.02 Å². The van der Waals surface area contributed by atoms with Crippen LogP contribution >= 0.6 is 11.6 Å². The summed E-state index contributed by atoms with van der Waals surface area (Å²) in [6.07, 6.45) is -4.30. The Balaban J connectivity index is 0.00000110. The molecular weight excluding hydrogens is 461 g/mol. The van der Waals surface area contributed by atoms with E-state index >= 15 is 0 Å². The topological polar surface area (TPSA) is 106 Å². The third-order valence-corrected chi connectivity index (χ3v) is 3.95. The minimum Gasteiger partial charge on any atom is -0.465 e. The van der Waals surface area contributed by atoms with Crippen LogP contribution in [0.4, 0.5) is 13.2 Å². The molecule has 0 unspecified atom stereocenters. The number of hydrogen-bond acceptors (Lipinski definition) is 7. The SMILES string of the molecule is CC/C(=N\OCc1ccc(C(=O)OC)cc1)c1cc(Cl)ccc1C(F)(F)F.N=S(=O)=O. The second-order valence-electron chi connectivity index (χ2n) is 5.78. The van der Waals surface area contributed by atoms with Gasteiger partial charge >= 0.3 is 22.6 Å². The van der Waals surface area contributed by atoms with Crippen LogP contribution < -0.4 is 0 Å². The fourth-order valence-electron chi connectivity index (χ4n) is 2.35. The lowest BCUT2D eigenvalue weighted by molar-refractivity contribution is -0.137. The zero-order valence-corrected chi connectivity index (χ0v) is 17.9. The Morgan fingerprint density at radius 1 is 1.16 bits per heavy atom. The Morgan fingerprint density at radius 2 is 1.74 bits per heavy atom. The predicted octanol–water partition coefficient (Wildman–Crippen LogP) is 5.10. The van der Waals surface area contributed by atoms with Gasteiger partial charge in [-0.2, -0.15) is 26.4 Å². The number of nitrogens with one attached hydrogen (secondary N) is 1. The third-order valence-electron chi connectivity index (χ3n) is 3.71. The van der Waals surface area contributed by atoms with Crippen LogP contribution in [0.1, 0.15) is 40.4 Å². The van der Waals surface area contributed by atoms with Gasteiger partial charge in [-0.1, -0.05) is 35.8 Å². The van der Waals surface area contributed by atoms with Gasteiger partial charge in [0.05, 0.1) is 23.9 Å². The van der Waals surface area contributed by atoms with Gasteiger partial charge in [-0.05, 0) is 42.3 Å². The van der Waals surface area contributed by atoms with Crippen molar-refractivity contribution in [3.63, 3.8) is 0 Å². The average molecular weight is 479 g/mol. The highest BCUT2D eigenvalue weighted by Crippen LogP contribution is 2.34. The number of benzene rings is 2. The number of esters is 1. The number of oxime groups is 1. The molecule has 0 aliphatic carbocycles. The van der Waals surface area contributed by atoms with Gasteiger partial charge in [0.2, 0.25) is 0 Å². The van der Waals surface area contributed by atoms with Crippen molar-refractivity contribution in [3.8, 4) is 0 Å². The molecule has 0 saturated carbocycles. The summed E-state index contributed by atoms with van der Waals surface area (Å²) in [4.78, 5) is 16.6. The number of methoxy groups -OCH3 is 1. The summed E-state index contributed by atoms with van der Waals surface area (Å²) in [6, 6.07) is 9.75. The molecule has 12 heteroatoms. The normalized spacial score (nSPS) is 11.2. The van der Waals surface area contributed by atoms with Crippen LogP contribution in [0.3, 0.4) is 0 Å². The first-order chi connectivity index (χ1) is 14.5. The van der Waals surface area contributed by atoms with Crippen LogP contribution in [0.15, 0.2) is 47.6 Å². The van der Waals surface area contributed by atoms with Crippen molar-refractivity contribution in [2.45, 2.75) is 26.1 Å². The second-order valence-corrected chi connectivity index (χ2v) is 6.68. The van der Waals surface area contributed by atoms with E-state index in [1.165, 1.54) is 19.2 Å². The molecule has 0 aliphatic heterocycles. The lowest BCUT2D eigenvalue weighted by Gasteiger charge is -2.14. The number of carbonyl (C=O) groups excluding carboxylic acids is 1. The highest BCUT2D eigenvalue weighted by atomic mass is 35.5. The van der Waals surface area contributed by atoms with Crippen LogP contribution in [-0.4, -0.2) is 27.2 Å². The summed E-state index contributed by atoms with van der Waals surface area (Å²) in [5, 5.41) is 4.04. The summed E-state index contributed by atoms with van der Waals surface area (Å²) in [6.45, 7) is 1.71. The monoisotopic (exact) mass is 478 g/mol. The smallest absolute Gasteiger partial charge is 0.417 e. The molecule has 0 spiro atoms. The summed E-state index contributed by atoms with van der Waals surface area (Å²) in [7, 11) is -1.33. The van der Waals surface area contributed by atoms with Crippen LogP contribution in [0.25, 0.3) is 0 Å². The molecule has 0 atom stereocenters. The molecule has 0 radical (unpaired) electrons. The van der Waals surface area contributed by atoms with Crippen molar-refractivity contribution in [2.24, 2.45) is 5.16 Å². The first kappa shape index (κ1) is 26.1. The van der Waals surface area contributed by atoms with E-state index in [2.05, 4.69) is 9.89 Å². The van der Waals surface area contributed by atoms with Crippen molar-refractivity contribution >= 4 is 33.8 Å². The standard InChI is InChI=1S/C19H17ClF3NO3.HNO2S/c1-3-17(15-10-14(20)8-9-16(15)19(21,22)23)24-27-11-12-4-6-13(7-5-12)18(25)26-2;1-4(2)3/h4-10H,3,11H2,1-2H3;1H/b24-17+;. The van der Waals surface area contributed by atoms with E-state index < -0.39 is 28.2 Å². The zero-order chi connectivity index (χ0) is 23.6. The first-order valence-corrected chi connectivity index (χ1v) is 9.98. The molecule has 31 heavy (non-hydrogen) atoms. The molecule has 0 saturated heterocycles. The van der Waals surface area contributed by atoms with Gasteiger partial charge in [0, 0.05) is 10.6 Å². The molecule has 7 nitrogen and oxygen atoms in total. The molecular formula is C19H18ClF3N2O5S. The third kappa shape index (κ3) is 8.77. The minimum atomic E-state index is -4.53. The molecule has 1 N–H and O–H groups in total. The average Bonchev–Trinajstić information content (AvgIpc) is 2.69. The maximum Gasteiger partial charge on any atom is 0.417 e. The molecule has 2 rings (SSSR count). The van der Waals surface area contributed by atoms with Gasteiger partial charge in [0.25, 0.3) is 0 Å². The van der Waals surface area contributed by atoms with Gasteiger partial charge < -0.3 is 9.57 Å². The maximum atomic E-state index is 13.2. The largest absolute Gasteiger partial charge is 0.465 e. The van der Waals surface area contributed by atoms with E-state index in [0.29, 0.717) is 11.1 Å². The molecule has 0 aromatic heterocycles. The molecule has 0 fully saturated rings. The van der Waals surface area contributed by atoms with E-state index in [1.807, 2.05) is 0 Å². The van der Waals surface area contributed by atoms with Crippen molar-refractivity contribution in [2.75, 3.05) is 7.11 Å². The molecule has 0 heterocycles. The van der Waals surface area contributed by atoms with Crippen molar-refractivity contribution in [1.29, 1.82) is 4.78 Å². The number of halogens is 4. The number of hydrogen-bond donors (Lipinski definition) is 1. The van der Waals surface area contributed by atoms with Gasteiger partial charge in [-0.3, -0.25) is 0 Å². The molecule has 168 valence electrons. The van der Waals surface area contributed by atoms with Crippen LogP contribution in [0.5, 0.6) is 0 Å². The highest BCUT2D eigenvalue weighted by molar-refractivity contribution is 7.60. The van der Waals surface area contributed by atoms with Gasteiger partial charge in [0.15, 0.2) is 0 Å². The number of ether oxygens (including phenoxy) is 1. The van der Waals surface area contributed by atoms with Gasteiger partial charge in [0.1, 0.15) is 6.61 Å². The summed E-state index contributed by atoms with van der Waals surface area (Å²) in [5.74, 6) is -0.464. The number of carbonyl (C=O) groups is 1. The second kappa shape index (κ2) is 12.1. The van der Waals surface area contributed by atoms with E-state index in [4.69, 9.17) is 29.6 Å². The van der Waals surface area contributed by atoms with Crippen molar-refractivity contribution in [3.05, 3.63) is 69.7 Å². The predicted molar refractivity (Wildman–Crippen MR) is 107 cm³/mol. The Hall–Kier alpha value is -2.92. The van der Waals surface area contributed by atoms with E-state index in [-0.39, 0.29) is 29.3 Å². The number of alkyl halides is 3. The maximum absolute atomic E-state index is 13.2. The van der Waals surface area contributed by atoms with Gasteiger partial charge in [-0.15, -0.1) is 0 Å². The van der Waals surface area contributed by atoms with E-state index in [9.17, 15) is 18.0 Å². The Bertz CT molecular complexity index is 1030. The molecule has 2 aromatic carbocycles. The summed E-state index contributed by atoms with van der Waals surface area (Å²) < 4.78 is 67.1. The Labute approximate surface area is 182 Å². The quantitative estimate of drug-likeness (QED) is 0.353. The lowest BCUT2D eigenvalue weighted by atomic mass is 10.0. The summed E-state index contributed by atoms with van der Waals surface area (Å²) in [5.41, 5.74) is 0.282. The van der Waals surface area contributed by atoms with E-state index in [1.54, 1.807) is 31.2 Å². The fraction of sp³-hybridized carbons (Fsp3) is 0.263. The fourth-order valence-corrected chi connectivity index (χ4v) is 2.52. The highest BCUT2D eigenvalue weighted by Gasteiger charge is 2.34. The van der Waals surface area contributed by atoms with Crippen molar-refractivity contribution in [1.82, 2.24) is 0 Å². The number of rotatable bonds is 6. The summed E-state index contributed by atoms with van der Waals surface area (Å²) >= 11 is 5.85. The molecule has 0 bridgehead atoms. The van der Waals surface area contributed by atoms with Gasteiger partial charge in [-0.25, -0.2) is 4.79 Å². The Morgan fingerprint density at radius 3 is 2.23 bits per heavy atom.